The van der Waals surface area contributed by atoms with Gasteiger partial charge in [-0.3, -0.25) is 9.59 Å². The molecule has 31 heavy (non-hydrogen) atoms. The molecule has 1 aliphatic heterocycles. The molecule has 2 aromatic rings. The number of benzene rings is 1. The Bertz CT molecular complexity index is 1000. The molecule has 4 saturated carbocycles. The monoisotopic (exact) mass is 454 g/mol. The molecule has 162 valence electrons. The van der Waals surface area contributed by atoms with Crippen LogP contribution in [0, 0.1) is 23.2 Å². The first-order valence-electron chi connectivity index (χ1n) is 11.2. The van der Waals surface area contributed by atoms with Crippen molar-refractivity contribution in [3.8, 4) is 0 Å². The lowest BCUT2D eigenvalue weighted by Crippen LogP contribution is -2.51. The van der Waals surface area contributed by atoms with Crippen molar-refractivity contribution in [2.75, 3.05) is 22.5 Å². The fourth-order valence-corrected chi connectivity index (χ4v) is 8.36. The van der Waals surface area contributed by atoms with E-state index in [2.05, 4.69) is 21.6 Å². The number of thioether (sulfide) groups is 1. The van der Waals surface area contributed by atoms with Crippen LogP contribution in [-0.4, -0.2) is 34.3 Å². The highest BCUT2D eigenvalue weighted by Crippen LogP contribution is 2.60. The van der Waals surface area contributed by atoms with E-state index in [1.165, 1.54) is 47.9 Å². The third-order valence-electron chi connectivity index (χ3n) is 7.65. The Morgan fingerprint density at radius 2 is 1.81 bits per heavy atom. The van der Waals surface area contributed by atoms with Gasteiger partial charge in [-0.15, -0.1) is 10.2 Å². The quantitative estimate of drug-likeness (QED) is 0.536. The molecule has 0 atom stereocenters. The van der Waals surface area contributed by atoms with Crippen molar-refractivity contribution in [3.63, 3.8) is 0 Å². The second-order valence-corrected chi connectivity index (χ2v) is 11.9. The molecule has 2 amide bonds. The number of aromatic nitrogens is 2. The summed E-state index contributed by atoms with van der Waals surface area (Å²) in [5.41, 5.74) is 2.06. The number of anilines is 2. The molecule has 1 aromatic heterocycles. The molecule has 2 heterocycles. The van der Waals surface area contributed by atoms with Crippen molar-refractivity contribution >= 4 is 45.7 Å². The molecular weight excluding hydrogens is 428 g/mol. The number of amides is 2. The van der Waals surface area contributed by atoms with Gasteiger partial charge < -0.3 is 10.2 Å². The van der Waals surface area contributed by atoms with Gasteiger partial charge in [-0.1, -0.05) is 41.3 Å². The first-order chi connectivity index (χ1) is 15.1. The minimum Gasteiger partial charge on any atom is -0.311 e. The zero-order chi connectivity index (χ0) is 21.0. The van der Waals surface area contributed by atoms with Gasteiger partial charge in [0.05, 0.1) is 11.2 Å². The molecule has 0 radical (unpaired) electrons. The molecule has 7 rings (SSSR count). The fraction of sp³-hybridized carbons (Fsp3) is 0.565. The summed E-state index contributed by atoms with van der Waals surface area (Å²) < 4.78 is 0.724. The van der Waals surface area contributed by atoms with Gasteiger partial charge >= 0.3 is 0 Å². The van der Waals surface area contributed by atoms with Gasteiger partial charge in [-0.05, 0) is 74.3 Å². The lowest BCUT2D eigenvalue weighted by atomic mass is 9.49. The van der Waals surface area contributed by atoms with Crippen LogP contribution in [0.3, 0.4) is 0 Å². The highest BCUT2D eigenvalue weighted by atomic mass is 32.2. The van der Waals surface area contributed by atoms with E-state index < -0.39 is 0 Å². The normalized spacial score (nSPS) is 30.5. The number of rotatable bonds is 5. The number of hydrogen-bond acceptors (Lipinski definition) is 6. The van der Waals surface area contributed by atoms with E-state index in [0.29, 0.717) is 10.9 Å². The molecule has 0 saturated heterocycles. The SMILES string of the molecule is O=C(CSc1nnc(NC(=O)C23CC4CC(CC(C4)C2)C3)s1)N1CCc2ccccc21. The average molecular weight is 455 g/mol. The molecule has 1 aromatic carbocycles. The lowest BCUT2D eigenvalue weighted by molar-refractivity contribution is -0.140. The Labute approximate surface area is 190 Å². The number of fused-ring (bicyclic) bond motifs is 1. The van der Waals surface area contributed by atoms with Crippen LogP contribution in [0.1, 0.15) is 44.1 Å². The summed E-state index contributed by atoms with van der Waals surface area (Å²) in [6.45, 7) is 0.737. The van der Waals surface area contributed by atoms with Crippen LogP contribution in [-0.2, 0) is 16.0 Å². The Hall–Kier alpha value is -1.93. The summed E-state index contributed by atoms with van der Waals surface area (Å²) >= 11 is 2.77. The number of hydrogen-bond donors (Lipinski definition) is 1. The zero-order valence-electron chi connectivity index (χ0n) is 17.4. The summed E-state index contributed by atoms with van der Waals surface area (Å²) in [6, 6.07) is 8.08. The highest BCUT2D eigenvalue weighted by Gasteiger charge is 2.54. The van der Waals surface area contributed by atoms with Gasteiger partial charge in [0.2, 0.25) is 16.9 Å². The summed E-state index contributed by atoms with van der Waals surface area (Å²) in [4.78, 5) is 27.8. The number of para-hydroxylation sites is 1. The minimum atomic E-state index is -0.188. The lowest BCUT2D eigenvalue weighted by Gasteiger charge is -2.55. The van der Waals surface area contributed by atoms with E-state index in [1.54, 1.807) is 0 Å². The largest absolute Gasteiger partial charge is 0.311 e. The van der Waals surface area contributed by atoms with Gasteiger partial charge in [0.15, 0.2) is 4.34 Å². The van der Waals surface area contributed by atoms with E-state index in [9.17, 15) is 9.59 Å². The molecular formula is C23H26N4O2S2. The molecule has 4 fully saturated rings. The third-order valence-corrected chi connectivity index (χ3v) is 9.61. The smallest absolute Gasteiger partial charge is 0.237 e. The van der Waals surface area contributed by atoms with Gasteiger partial charge in [0.25, 0.3) is 0 Å². The van der Waals surface area contributed by atoms with Crippen molar-refractivity contribution in [1.82, 2.24) is 10.2 Å². The summed E-state index contributed by atoms with van der Waals surface area (Å²) in [5, 5.41) is 12.0. The number of nitrogens with one attached hydrogen (secondary N) is 1. The van der Waals surface area contributed by atoms with Crippen molar-refractivity contribution in [3.05, 3.63) is 29.8 Å². The second-order valence-electron chi connectivity index (χ2n) is 9.74. The van der Waals surface area contributed by atoms with Crippen LogP contribution in [0.5, 0.6) is 0 Å². The highest BCUT2D eigenvalue weighted by molar-refractivity contribution is 8.01. The molecule has 6 nitrogen and oxygen atoms in total. The summed E-state index contributed by atoms with van der Waals surface area (Å²) in [6.07, 6.45) is 7.99. The summed E-state index contributed by atoms with van der Waals surface area (Å²) in [5.74, 6) is 2.76. The molecule has 4 aliphatic carbocycles. The minimum absolute atomic E-state index is 0.0873. The van der Waals surface area contributed by atoms with E-state index in [4.69, 9.17) is 0 Å². The number of carbonyl (C=O) groups excluding carboxylic acids is 2. The predicted molar refractivity (Wildman–Crippen MR) is 122 cm³/mol. The Morgan fingerprint density at radius 3 is 2.55 bits per heavy atom. The Balaban J connectivity index is 1.07. The second kappa shape index (κ2) is 7.59. The van der Waals surface area contributed by atoms with E-state index in [-0.39, 0.29) is 17.2 Å². The van der Waals surface area contributed by atoms with Crippen molar-refractivity contribution in [1.29, 1.82) is 0 Å². The first kappa shape index (κ1) is 19.7. The van der Waals surface area contributed by atoms with E-state index >= 15 is 0 Å². The summed E-state index contributed by atoms with van der Waals surface area (Å²) in [7, 11) is 0. The van der Waals surface area contributed by atoms with Crippen molar-refractivity contribution in [2.45, 2.75) is 49.3 Å². The van der Waals surface area contributed by atoms with E-state index in [0.717, 1.165) is 60.0 Å². The van der Waals surface area contributed by atoms with Crippen LogP contribution >= 0.6 is 23.1 Å². The first-order valence-corrected chi connectivity index (χ1v) is 13.0. The number of nitrogens with zero attached hydrogens (tertiary/aromatic N) is 3. The zero-order valence-corrected chi connectivity index (χ0v) is 19.0. The van der Waals surface area contributed by atoms with Crippen LogP contribution in [0.2, 0.25) is 0 Å². The third kappa shape index (κ3) is 3.57. The maximum atomic E-state index is 13.2. The van der Waals surface area contributed by atoms with Gasteiger partial charge in [-0.25, -0.2) is 0 Å². The van der Waals surface area contributed by atoms with Crippen LogP contribution in [0.4, 0.5) is 10.8 Å². The fourth-order valence-electron chi connectivity index (χ4n) is 6.74. The molecule has 8 heteroatoms. The molecule has 0 unspecified atom stereocenters. The Morgan fingerprint density at radius 1 is 1.10 bits per heavy atom. The van der Waals surface area contributed by atoms with Gasteiger partial charge in [-0.2, -0.15) is 0 Å². The van der Waals surface area contributed by atoms with Gasteiger partial charge in [0, 0.05) is 12.2 Å². The average Bonchev–Trinajstić information content (AvgIpc) is 3.38. The van der Waals surface area contributed by atoms with Crippen molar-refractivity contribution in [2.24, 2.45) is 23.2 Å². The predicted octanol–water partition coefficient (Wildman–Crippen LogP) is 4.37. The van der Waals surface area contributed by atoms with Gasteiger partial charge in [0.1, 0.15) is 0 Å². The number of carbonyl (C=O) groups is 2. The van der Waals surface area contributed by atoms with Crippen LogP contribution in [0.15, 0.2) is 28.6 Å². The Kier molecular flexibility index (Phi) is 4.83. The maximum absolute atomic E-state index is 13.2. The topological polar surface area (TPSA) is 75.2 Å². The molecule has 0 spiro atoms. The standard InChI is InChI=1S/C23H26N4O2S2/c28-19(27-6-5-17-3-1-2-4-18(17)27)13-30-22-26-25-21(31-22)24-20(29)23-10-14-7-15(11-23)9-16(8-14)12-23/h1-4,14-16H,5-13H2,(H,24,25,29). The van der Waals surface area contributed by atoms with Crippen molar-refractivity contribution < 1.29 is 9.59 Å². The molecule has 1 N–H and O–H groups in total. The maximum Gasteiger partial charge on any atom is 0.237 e. The van der Waals surface area contributed by atoms with Crippen LogP contribution in [0.25, 0.3) is 0 Å². The van der Waals surface area contributed by atoms with Crippen LogP contribution < -0.4 is 10.2 Å². The molecule has 4 bridgehead atoms. The molecule has 5 aliphatic rings. The van der Waals surface area contributed by atoms with E-state index in [1.807, 2.05) is 23.1 Å².